The summed E-state index contributed by atoms with van der Waals surface area (Å²) >= 11 is 4.47. The Hall–Kier alpha value is -0.550. The number of aliphatic hydroxyl groups excluding tert-OH is 1. The van der Waals surface area contributed by atoms with Crippen LogP contribution in [-0.4, -0.2) is 34.2 Å². The molecule has 1 aliphatic heterocycles. The largest absolute Gasteiger partial charge is 0.390 e. The fourth-order valence-corrected chi connectivity index (χ4v) is 2.91. The van der Waals surface area contributed by atoms with Crippen molar-refractivity contribution in [1.29, 1.82) is 0 Å². The van der Waals surface area contributed by atoms with E-state index in [9.17, 15) is 14.7 Å². The number of rotatable bonds is 7. The van der Waals surface area contributed by atoms with E-state index in [-0.39, 0.29) is 17.7 Å². The minimum Gasteiger partial charge on any atom is -0.390 e. The van der Waals surface area contributed by atoms with E-state index < -0.39 is 12.0 Å². The van der Waals surface area contributed by atoms with Crippen molar-refractivity contribution in [2.75, 3.05) is 0 Å². The number of carbonyl (C=O) groups is 2. The fraction of sp³-hybridized carbons (Fsp3) is 0.846. The molecule has 1 heterocycles. The molecule has 1 fully saturated rings. The number of amides is 1. The second kappa shape index (κ2) is 7.14. The van der Waals surface area contributed by atoms with E-state index in [0.717, 1.165) is 25.7 Å². The Kier molecular flexibility index (Phi) is 6.15. The van der Waals surface area contributed by atoms with Gasteiger partial charge in [0.05, 0.1) is 12.1 Å². The summed E-state index contributed by atoms with van der Waals surface area (Å²) in [7, 11) is 0. The van der Waals surface area contributed by atoms with Crippen LogP contribution in [0.2, 0.25) is 0 Å². The lowest BCUT2D eigenvalue weighted by molar-refractivity contribution is -0.132. The van der Waals surface area contributed by atoms with Crippen LogP contribution in [0.15, 0.2) is 0 Å². The van der Waals surface area contributed by atoms with Crippen LogP contribution in [0.4, 0.5) is 0 Å². The lowest BCUT2D eigenvalue weighted by Crippen LogP contribution is -2.33. The van der Waals surface area contributed by atoms with Gasteiger partial charge in [-0.2, -0.15) is 12.6 Å². The Bertz CT molecular complexity index is 309. The molecular formula is C13H23NO3S. The SMILES string of the molecule is CCCC(S)CCCC1NC(=O)C(C(C)=O)C1O. The molecule has 1 saturated heterocycles. The van der Waals surface area contributed by atoms with Crippen molar-refractivity contribution in [2.45, 2.75) is 63.3 Å². The molecule has 0 saturated carbocycles. The van der Waals surface area contributed by atoms with Gasteiger partial charge in [0, 0.05) is 5.25 Å². The highest BCUT2D eigenvalue weighted by Crippen LogP contribution is 2.22. The number of nitrogens with one attached hydrogen (secondary N) is 1. The molecule has 1 aliphatic rings. The van der Waals surface area contributed by atoms with Gasteiger partial charge in [-0.3, -0.25) is 9.59 Å². The van der Waals surface area contributed by atoms with Gasteiger partial charge in [0.2, 0.25) is 5.91 Å². The van der Waals surface area contributed by atoms with Crippen molar-refractivity contribution in [3.63, 3.8) is 0 Å². The highest BCUT2D eigenvalue weighted by Gasteiger charge is 2.43. The van der Waals surface area contributed by atoms with Gasteiger partial charge >= 0.3 is 0 Å². The summed E-state index contributed by atoms with van der Waals surface area (Å²) in [5, 5.41) is 13.0. The molecule has 0 aromatic carbocycles. The Labute approximate surface area is 114 Å². The van der Waals surface area contributed by atoms with Crippen molar-refractivity contribution < 1.29 is 14.7 Å². The molecule has 18 heavy (non-hydrogen) atoms. The van der Waals surface area contributed by atoms with Crippen molar-refractivity contribution in [2.24, 2.45) is 5.92 Å². The molecular weight excluding hydrogens is 250 g/mol. The zero-order chi connectivity index (χ0) is 13.7. The van der Waals surface area contributed by atoms with E-state index in [1.165, 1.54) is 6.92 Å². The Morgan fingerprint density at radius 2 is 2.17 bits per heavy atom. The summed E-state index contributed by atoms with van der Waals surface area (Å²) in [4.78, 5) is 22.8. The molecule has 5 heteroatoms. The van der Waals surface area contributed by atoms with Crippen LogP contribution in [0.5, 0.6) is 0 Å². The normalized spacial score (nSPS) is 29.1. The molecule has 1 rings (SSSR count). The maximum absolute atomic E-state index is 11.5. The predicted octanol–water partition coefficient (Wildman–Crippen LogP) is 1.32. The second-order valence-electron chi connectivity index (χ2n) is 5.07. The maximum Gasteiger partial charge on any atom is 0.233 e. The lowest BCUT2D eigenvalue weighted by atomic mass is 9.94. The van der Waals surface area contributed by atoms with Crippen LogP contribution in [0.25, 0.3) is 0 Å². The Balaban J connectivity index is 2.36. The van der Waals surface area contributed by atoms with Gasteiger partial charge in [-0.15, -0.1) is 0 Å². The third kappa shape index (κ3) is 3.99. The number of carbonyl (C=O) groups excluding carboxylic acids is 2. The summed E-state index contributed by atoms with van der Waals surface area (Å²) in [6.07, 6.45) is 3.90. The number of hydrogen-bond donors (Lipinski definition) is 3. The highest BCUT2D eigenvalue weighted by molar-refractivity contribution is 7.80. The van der Waals surface area contributed by atoms with Crippen LogP contribution in [0.3, 0.4) is 0 Å². The average Bonchev–Trinajstić information content (AvgIpc) is 2.54. The zero-order valence-corrected chi connectivity index (χ0v) is 12.0. The zero-order valence-electron chi connectivity index (χ0n) is 11.1. The molecule has 0 aromatic heterocycles. The molecule has 104 valence electrons. The Morgan fingerprint density at radius 1 is 1.50 bits per heavy atom. The number of Topliss-reactive ketones (excluding diaryl/α,β-unsaturated/α-hetero) is 1. The quantitative estimate of drug-likeness (QED) is 0.484. The van der Waals surface area contributed by atoms with Gasteiger partial charge in [-0.25, -0.2) is 0 Å². The molecule has 4 nitrogen and oxygen atoms in total. The minimum absolute atomic E-state index is 0.263. The number of ketones is 1. The van der Waals surface area contributed by atoms with Gasteiger partial charge in [-0.1, -0.05) is 19.8 Å². The summed E-state index contributed by atoms with van der Waals surface area (Å²) in [6.45, 7) is 3.47. The summed E-state index contributed by atoms with van der Waals surface area (Å²) in [5.74, 6) is -1.48. The topological polar surface area (TPSA) is 66.4 Å². The van der Waals surface area contributed by atoms with E-state index in [1.54, 1.807) is 0 Å². The number of thiol groups is 1. The fourth-order valence-electron chi connectivity index (χ4n) is 2.46. The van der Waals surface area contributed by atoms with Crippen LogP contribution in [0, 0.1) is 5.92 Å². The van der Waals surface area contributed by atoms with Gasteiger partial charge < -0.3 is 10.4 Å². The first-order valence-corrected chi connectivity index (χ1v) is 7.16. The molecule has 1 amide bonds. The molecule has 0 aliphatic carbocycles. The molecule has 0 spiro atoms. The van der Waals surface area contributed by atoms with Crippen molar-refractivity contribution in [3.05, 3.63) is 0 Å². The summed E-state index contributed by atoms with van der Waals surface area (Å²) in [6, 6.07) is -0.284. The van der Waals surface area contributed by atoms with E-state index in [4.69, 9.17) is 0 Å². The van der Waals surface area contributed by atoms with Crippen LogP contribution in [-0.2, 0) is 9.59 Å². The van der Waals surface area contributed by atoms with Gasteiger partial charge in [0.1, 0.15) is 11.7 Å². The van der Waals surface area contributed by atoms with E-state index in [0.29, 0.717) is 11.7 Å². The van der Waals surface area contributed by atoms with E-state index >= 15 is 0 Å². The van der Waals surface area contributed by atoms with Crippen LogP contribution < -0.4 is 5.32 Å². The second-order valence-corrected chi connectivity index (χ2v) is 5.80. The summed E-state index contributed by atoms with van der Waals surface area (Å²) < 4.78 is 0. The third-order valence-corrected chi connectivity index (χ3v) is 3.99. The smallest absolute Gasteiger partial charge is 0.233 e. The Morgan fingerprint density at radius 3 is 2.67 bits per heavy atom. The molecule has 2 N–H and O–H groups in total. The summed E-state index contributed by atoms with van der Waals surface area (Å²) in [5.41, 5.74) is 0. The first-order chi connectivity index (χ1) is 8.47. The standard InChI is InChI=1S/C13H23NO3S/c1-3-5-9(18)6-4-7-10-12(16)11(8(2)15)13(17)14-10/h9-12,16,18H,3-7H2,1-2H3,(H,14,17). The first kappa shape index (κ1) is 15.5. The predicted molar refractivity (Wildman–Crippen MR) is 73.6 cm³/mol. The third-order valence-electron chi connectivity index (χ3n) is 3.48. The minimum atomic E-state index is -0.877. The van der Waals surface area contributed by atoms with Crippen molar-refractivity contribution >= 4 is 24.3 Å². The molecule has 4 atom stereocenters. The van der Waals surface area contributed by atoms with E-state index in [2.05, 4.69) is 24.9 Å². The lowest BCUT2D eigenvalue weighted by Gasteiger charge is -2.16. The van der Waals surface area contributed by atoms with Crippen molar-refractivity contribution in [3.8, 4) is 0 Å². The van der Waals surface area contributed by atoms with Gasteiger partial charge in [0.15, 0.2) is 0 Å². The maximum atomic E-state index is 11.5. The van der Waals surface area contributed by atoms with E-state index in [1.807, 2.05) is 0 Å². The van der Waals surface area contributed by atoms with Gasteiger partial charge in [-0.05, 0) is 26.2 Å². The molecule has 0 bridgehead atoms. The van der Waals surface area contributed by atoms with Crippen LogP contribution >= 0.6 is 12.6 Å². The first-order valence-electron chi connectivity index (χ1n) is 6.64. The van der Waals surface area contributed by atoms with Crippen LogP contribution in [0.1, 0.15) is 46.0 Å². The van der Waals surface area contributed by atoms with Crippen molar-refractivity contribution in [1.82, 2.24) is 5.32 Å². The van der Waals surface area contributed by atoms with Gasteiger partial charge in [0.25, 0.3) is 0 Å². The molecule has 0 radical (unpaired) electrons. The molecule has 0 aromatic rings. The monoisotopic (exact) mass is 273 g/mol. The average molecular weight is 273 g/mol. The highest BCUT2D eigenvalue weighted by atomic mass is 32.1. The number of hydrogen-bond acceptors (Lipinski definition) is 4. The number of aliphatic hydroxyl groups is 1. The molecule has 4 unspecified atom stereocenters.